The SMILES string of the molecule is Cl.O=C(C1CCC(=O)N(Cc2ccccc2)C1c1ccccc1)N1CCCNCC1. The number of halogens is 1. The normalized spacial score (nSPS) is 22.2. The van der Waals surface area contributed by atoms with Crippen LogP contribution in [0.5, 0.6) is 0 Å². The standard InChI is InChI=1S/C24H29N3O2.ClH/c28-22-13-12-21(24(29)26-16-7-14-25-15-17-26)23(20-10-5-2-6-11-20)27(22)18-19-8-3-1-4-9-19;/h1-6,8-11,21,23,25H,7,12-18H2;1H. The van der Waals surface area contributed by atoms with Gasteiger partial charge in [0.05, 0.1) is 12.0 Å². The predicted molar refractivity (Wildman–Crippen MR) is 120 cm³/mol. The quantitative estimate of drug-likeness (QED) is 0.813. The van der Waals surface area contributed by atoms with Crippen molar-refractivity contribution in [2.75, 3.05) is 26.2 Å². The van der Waals surface area contributed by atoms with Crippen LogP contribution in [0.25, 0.3) is 0 Å². The van der Waals surface area contributed by atoms with E-state index in [9.17, 15) is 9.59 Å². The van der Waals surface area contributed by atoms with Crippen LogP contribution in [0, 0.1) is 5.92 Å². The van der Waals surface area contributed by atoms with Crippen LogP contribution >= 0.6 is 12.4 Å². The fraction of sp³-hybridized carbons (Fsp3) is 0.417. The zero-order valence-corrected chi connectivity index (χ0v) is 18.0. The van der Waals surface area contributed by atoms with Crippen molar-refractivity contribution >= 4 is 24.2 Å². The van der Waals surface area contributed by atoms with Gasteiger partial charge < -0.3 is 15.1 Å². The molecule has 0 aromatic heterocycles. The van der Waals surface area contributed by atoms with Crippen molar-refractivity contribution in [3.8, 4) is 0 Å². The fourth-order valence-corrected chi connectivity index (χ4v) is 4.54. The zero-order valence-electron chi connectivity index (χ0n) is 17.2. The van der Waals surface area contributed by atoms with Crippen LogP contribution in [0.2, 0.25) is 0 Å². The van der Waals surface area contributed by atoms with E-state index in [2.05, 4.69) is 5.32 Å². The lowest BCUT2D eigenvalue weighted by Gasteiger charge is -2.42. The summed E-state index contributed by atoms with van der Waals surface area (Å²) in [5.74, 6) is 0.120. The van der Waals surface area contributed by atoms with Crippen LogP contribution in [0.1, 0.15) is 36.4 Å². The molecule has 1 N–H and O–H groups in total. The van der Waals surface area contributed by atoms with Crippen LogP contribution < -0.4 is 5.32 Å². The van der Waals surface area contributed by atoms with Gasteiger partial charge in [0, 0.05) is 32.6 Å². The van der Waals surface area contributed by atoms with Gasteiger partial charge in [-0.25, -0.2) is 0 Å². The molecule has 2 atom stereocenters. The molecule has 6 heteroatoms. The zero-order chi connectivity index (χ0) is 20.1. The number of carbonyl (C=O) groups is 2. The summed E-state index contributed by atoms with van der Waals surface area (Å²) in [7, 11) is 0. The molecule has 2 fully saturated rings. The molecule has 2 aliphatic rings. The van der Waals surface area contributed by atoms with Crippen LogP contribution in [-0.2, 0) is 16.1 Å². The minimum Gasteiger partial charge on any atom is -0.341 e. The van der Waals surface area contributed by atoms with Gasteiger partial charge in [0.2, 0.25) is 11.8 Å². The summed E-state index contributed by atoms with van der Waals surface area (Å²) in [6.45, 7) is 3.85. The lowest BCUT2D eigenvalue weighted by atomic mass is 9.83. The molecule has 4 rings (SSSR count). The second-order valence-corrected chi connectivity index (χ2v) is 7.94. The summed E-state index contributed by atoms with van der Waals surface area (Å²) in [4.78, 5) is 30.4. The van der Waals surface area contributed by atoms with E-state index in [-0.39, 0.29) is 36.2 Å². The molecule has 0 aliphatic carbocycles. The van der Waals surface area contributed by atoms with Crippen LogP contribution in [0.4, 0.5) is 0 Å². The molecule has 0 radical (unpaired) electrons. The second kappa shape index (κ2) is 10.6. The van der Waals surface area contributed by atoms with Gasteiger partial charge in [-0.15, -0.1) is 12.4 Å². The Bertz CT molecular complexity index is 823. The first-order valence-electron chi connectivity index (χ1n) is 10.6. The lowest BCUT2D eigenvalue weighted by molar-refractivity contribution is -0.148. The largest absolute Gasteiger partial charge is 0.341 e. The summed E-state index contributed by atoms with van der Waals surface area (Å²) in [5, 5.41) is 3.37. The number of hydrogen-bond donors (Lipinski definition) is 1. The molecule has 0 spiro atoms. The van der Waals surface area contributed by atoms with E-state index in [1.165, 1.54) is 0 Å². The monoisotopic (exact) mass is 427 g/mol. The summed E-state index contributed by atoms with van der Waals surface area (Å²) in [6, 6.07) is 19.9. The first-order chi connectivity index (χ1) is 14.2. The molecule has 2 amide bonds. The highest BCUT2D eigenvalue weighted by molar-refractivity contribution is 5.85. The number of rotatable bonds is 4. The highest BCUT2D eigenvalue weighted by Crippen LogP contribution is 2.38. The minimum atomic E-state index is -0.221. The van der Waals surface area contributed by atoms with Crippen LogP contribution in [-0.4, -0.2) is 47.8 Å². The van der Waals surface area contributed by atoms with Gasteiger partial charge in [0.1, 0.15) is 0 Å². The fourth-order valence-electron chi connectivity index (χ4n) is 4.54. The topological polar surface area (TPSA) is 52.7 Å². The lowest BCUT2D eigenvalue weighted by Crippen LogP contribution is -2.49. The molecule has 2 aromatic carbocycles. The Balaban J connectivity index is 0.00000256. The number of piperidine rings is 1. The van der Waals surface area contributed by atoms with Crippen LogP contribution in [0.3, 0.4) is 0 Å². The molecule has 30 heavy (non-hydrogen) atoms. The van der Waals surface area contributed by atoms with Crippen molar-refractivity contribution in [1.82, 2.24) is 15.1 Å². The highest BCUT2D eigenvalue weighted by Gasteiger charge is 2.42. The Kier molecular flexibility index (Phi) is 7.88. The average molecular weight is 428 g/mol. The van der Waals surface area contributed by atoms with E-state index in [1.54, 1.807) is 0 Å². The van der Waals surface area contributed by atoms with E-state index >= 15 is 0 Å². The molecular formula is C24H30ClN3O2. The third-order valence-electron chi connectivity index (χ3n) is 6.01. The molecule has 2 aliphatic heterocycles. The van der Waals surface area contributed by atoms with Gasteiger partial charge in [-0.1, -0.05) is 60.7 Å². The number of likely N-dealkylation sites (tertiary alicyclic amines) is 1. The Morgan fingerprint density at radius 3 is 2.40 bits per heavy atom. The van der Waals surface area contributed by atoms with E-state index in [4.69, 9.17) is 0 Å². The van der Waals surface area contributed by atoms with Gasteiger partial charge in [-0.05, 0) is 30.5 Å². The van der Waals surface area contributed by atoms with Crippen molar-refractivity contribution in [3.63, 3.8) is 0 Å². The molecule has 0 saturated carbocycles. The van der Waals surface area contributed by atoms with E-state index < -0.39 is 0 Å². The highest BCUT2D eigenvalue weighted by atomic mass is 35.5. The smallest absolute Gasteiger partial charge is 0.228 e. The summed E-state index contributed by atoms with van der Waals surface area (Å²) >= 11 is 0. The van der Waals surface area contributed by atoms with Gasteiger partial charge >= 0.3 is 0 Å². The maximum absolute atomic E-state index is 13.6. The van der Waals surface area contributed by atoms with E-state index in [1.807, 2.05) is 70.5 Å². The van der Waals surface area contributed by atoms with Crippen molar-refractivity contribution in [2.24, 2.45) is 5.92 Å². The maximum Gasteiger partial charge on any atom is 0.228 e. The third-order valence-corrected chi connectivity index (χ3v) is 6.01. The number of nitrogens with one attached hydrogen (secondary N) is 1. The van der Waals surface area contributed by atoms with Crippen LogP contribution in [0.15, 0.2) is 60.7 Å². The molecule has 160 valence electrons. The Hall–Kier alpha value is -2.37. The Morgan fingerprint density at radius 1 is 0.967 bits per heavy atom. The molecule has 5 nitrogen and oxygen atoms in total. The number of hydrogen-bond acceptors (Lipinski definition) is 3. The van der Waals surface area contributed by atoms with Gasteiger partial charge in [0.25, 0.3) is 0 Å². The van der Waals surface area contributed by atoms with Crippen molar-refractivity contribution in [2.45, 2.75) is 31.8 Å². The average Bonchev–Trinajstić information content (AvgIpc) is 3.05. The predicted octanol–water partition coefficient (Wildman–Crippen LogP) is 3.41. The molecule has 0 bridgehead atoms. The molecule has 2 heterocycles. The summed E-state index contributed by atoms with van der Waals surface area (Å²) in [5.41, 5.74) is 2.14. The third kappa shape index (κ3) is 5.02. The Morgan fingerprint density at radius 2 is 1.67 bits per heavy atom. The molecule has 2 saturated heterocycles. The summed E-state index contributed by atoms with van der Waals surface area (Å²) < 4.78 is 0. The number of nitrogens with zero attached hydrogens (tertiary/aromatic N) is 2. The van der Waals surface area contributed by atoms with Gasteiger partial charge in [-0.3, -0.25) is 9.59 Å². The number of amides is 2. The van der Waals surface area contributed by atoms with Crippen molar-refractivity contribution in [3.05, 3.63) is 71.8 Å². The maximum atomic E-state index is 13.6. The molecule has 2 aromatic rings. The number of benzene rings is 2. The first kappa shape index (κ1) is 22.3. The first-order valence-corrected chi connectivity index (χ1v) is 10.6. The number of carbonyl (C=O) groups excluding carboxylic acids is 2. The summed E-state index contributed by atoms with van der Waals surface area (Å²) in [6.07, 6.45) is 2.02. The van der Waals surface area contributed by atoms with Gasteiger partial charge in [-0.2, -0.15) is 0 Å². The molecule has 2 unspecified atom stereocenters. The van der Waals surface area contributed by atoms with Gasteiger partial charge in [0.15, 0.2) is 0 Å². The van der Waals surface area contributed by atoms with E-state index in [0.717, 1.165) is 43.7 Å². The van der Waals surface area contributed by atoms with Crippen molar-refractivity contribution in [1.29, 1.82) is 0 Å². The Labute approximate surface area is 184 Å². The van der Waals surface area contributed by atoms with E-state index in [0.29, 0.717) is 19.4 Å². The second-order valence-electron chi connectivity index (χ2n) is 7.94. The van der Waals surface area contributed by atoms with Crippen molar-refractivity contribution < 1.29 is 9.59 Å². The minimum absolute atomic E-state index is 0. The molecular weight excluding hydrogens is 398 g/mol.